The molecular weight excluding hydrogens is 250 g/mol. The van der Waals surface area contributed by atoms with Crippen LogP contribution in [0.15, 0.2) is 12.4 Å². The molecule has 1 unspecified atom stereocenters. The summed E-state index contributed by atoms with van der Waals surface area (Å²) >= 11 is 0. The van der Waals surface area contributed by atoms with E-state index in [1.165, 1.54) is 19.5 Å². The van der Waals surface area contributed by atoms with Gasteiger partial charge in [0.2, 0.25) is 5.95 Å². The highest BCUT2D eigenvalue weighted by atomic mass is 15.3. The van der Waals surface area contributed by atoms with Crippen LogP contribution >= 0.6 is 0 Å². The molecule has 112 valence electrons. The summed E-state index contributed by atoms with van der Waals surface area (Å²) in [5.74, 6) is 1.16. The highest BCUT2D eigenvalue weighted by Gasteiger charge is 2.31. The molecule has 0 bridgehead atoms. The molecule has 0 radical (unpaired) electrons. The van der Waals surface area contributed by atoms with Gasteiger partial charge in [0.1, 0.15) is 0 Å². The number of likely N-dealkylation sites (tertiary alicyclic amines) is 1. The van der Waals surface area contributed by atoms with Crippen molar-refractivity contribution in [2.45, 2.75) is 51.2 Å². The number of hydrogen-bond acceptors (Lipinski definition) is 4. The fraction of sp³-hybridized carbons (Fsp3) is 0.800. The van der Waals surface area contributed by atoms with Gasteiger partial charge in [-0.15, -0.1) is 0 Å². The zero-order valence-corrected chi connectivity index (χ0v) is 12.5. The lowest BCUT2D eigenvalue weighted by molar-refractivity contribution is 0.163. The highest BCUT2D eigenvalue weighted by Crippen LogP contribution is 2.24. The summed E-state index contributed by atoms with van der Waals surface area (Å²) < 4.78 is 2.29. The van der Waals surface area contributed by atoms with Gasteiger partial charge >= 0.3 is 0 Å². The molecule has 2 aliphatic rings. The van der Waals surface area contributed by atoms with Crippen LogP contribution in [0.3, 0.4) is 0 Å². The van der Waals surface area contributed by atoms with Gasteiger partial charge in [-0.3, -0.25) is 4.90 Å². The van der Waals surface area contributed by atoms with E-state index in [2.05, 4.69) is 32.5 Å². The summed E-state index contributed by atoms with van der Waals surface area (Å²) in [7, 11) is 0. The van der Waals surface area contributed by atoms with Gasteiger partial charge in [-0.2, -0.15) is 0 Å². The first-order valence-corrected chi connectivity index (χ1v) is 8.03. The minimum absolute atomic E-state index is 0.423. The standard InChI is InChI=1S/C15H27N5/c1-2-7-19-11-6-17-15(19)20-10-5-14(12-20)18-8-3-13(16)4-9-18/h6,11,13-14H,2-5,7-10,12,16H2,1H3. The Balaban J connectivity index is 1.60. The van der Waals surface area contributed by atoms with Crippen LogP contribution in [0.4, 0.5) is 5.95 Å². The first-order chi connectivity index (χ1) is 9.78. The van der Waals surface area contributed by atoms with E-state index < -0.39 is 0 Å². The molecule has 20 heavy (non-hydrogen) atoms. The number of piperidine rings is 1. The quantitative estimate of drug-likeness (QED) is 0.901. The van der Waals surface area contributed by atoms with Crippen LogP contribution in [0.25, 0.3) is 0 Å². The Labute approximate surface area is 121 Å². The van der Waals surface area contributed by atoms with Gasteiger partial charge in [0.05, 0.1) is 0 Å². The molecule has 1 aromatic heterocycles. The molecule has 0 aliphatic carbocycles. The Morgan fingerprint density at radius 2 is 2.05 bits per heavy atom. The molecule has 2 N–H and O–H groups in total. The maximum Gasteiger partial charge on any atom is 0.205 e. The second-order valence-corrected chi connectivity index (χ2v) is 6.18. The van der Waals surface area contributed by atoms with Gasteiger partial charge in [0.25, 0.3) is 0 Å². The SMILES string of the molecule is CCCn1ccnc1N1CCC(N2CCC(N)CC2)C1. The third-order valence-corrected chi connectivity index (χ3v) is 4.69. The van der Waals surface area contributed by atoms with Gasteiger partial charge in [-0.05, 0) is 38.8 Å². The van der Waals surface area contributed by atoms with E-state index in [0.717, 1.165) is 44.8 Å². The molecule has 0 amide bonds. The van der Waals surface area contributed by atoms with Gasteiger partial charge in [-0.1, -0.05) is 6.92 Å². The van der Waals surface area contributed by atoms with Crippen LogP contribution in [-0.4, -0.2) is 52.7 Å². The van der Waals surface area contributed by atoms with Crippen molar-refractivity contribution in [2.75, 3.05) is 31.1 Å². The summed E-state index contributed by atoms with van der Waals surface area (Å²) in [5.41, 5.74) is 6.00. The van der Waals surface area contributed by atoms with Crippen molar-refractivity contribution < 1.29 is 0 Å². The van der Waals surface area contributed by atoms with Gasteiger partial charge < -0.3 is 15.2 Å². The van der Waals surface area contributed by atoms with Crippen molar-refractivity contribution in [3.8, 4) is 0 Å². The van der Waals surface area contributed by atoms with Crippen LogP contribution in [0.2, 0.25) is 0 Å². The third-order valence-electron chi connectivity index (χ3n) is 4.69. The predicted octanol–water partition coefficient (Wildman–Crippen LogP) is 1.29. The number of nitrogens with zero attached hydrogens (tertiary/aromatic N) is 4. The summed E-state index contributed by atoms with van der Waals surface area (Å²) in [6, 6.07) is 1.11. The zero-order valence-electron chi connectivity index (χ0n) is 12.5. The van der Waals surface area contributed by atoms with Gasteiger partial charge in [-0.25, -0.2) is 4.98 Å². The minimum Gasteiger partial charge on any atom is -0.341 e. The fourth-order valence-corrected chi connectivity index (χ4v) is 3.51. The number of aromatic nitrogens is 2. The summed E-state index contributed by atoms with van der Waals surface area (Å²) in [6.45, 7) is 7.87. The molecule has 3 rings (SSSR count). The lowest BCUT2D eigenvalue weighted by atomic mass is 10.0. The van der Waals surface area contributed by atoms with Crippen LogP contribution in [0, 0.1) is 0 Å². The van der Waals surface area contributed by atoms with Gasteiger partial charge in [0, 0.05) is 44.1 Å². The zero-order chi connectivity index (χ0) is 13.9. The summed E-state index contributed by atoms with van der Waals surface area (Å²) in [5, 5.41) is 0. The summed E-state index contributed by atoms with van der Waals surface area (Å²) in [6.07, 6.45) is 8.76. The van der Waals surface area contributed by atoms with Crippen LogP contribution in [-0.2, 0) is 6.54 Å². The number of rotatable bonds is 4. The first kappa shape index (κ1) is 13.9. The number of aryl methyl sites for hydroxylation is 1. The van der Waals surface area contributed by atoms with Crippen molar-refractivity contribution in [1.29, 1.82) is 0 Å². The normalized spacial score (nSPS) is 25.5. The molecule has 2 aliphatic heterocycles. The third kappa shape index (κ3) is 2.83. The molecule has 2 saturated heterocycles. The Bertz CT molecular complexity index is 422. The fourth-order valence-electron chi connectivity index (χ4n) is 3.51. The maximum atomic E-state index is 6.00. The first-order valence-electron chi connectivity index (χ1n) is 8.03. The second-order valence-electron chi connectivity index (χ2n) is 6.18. The predicted molar refractivity (Wildman–Crippen MR) is 81.9 cm³/mol. The number of anilines is 1. The minimum atomic E-state index is 0.423. The molecule has 0 aromatic carbocycles. The number of imidazole rings is 1. The molecule has 0 spiro atoms. The number of nitrogens with two attached hydrogens (primary N) is 1. The molecule has 1 aromatic rings. The smallest absolute Gasteiger partial charge is 0.205 e. The van der Waals surface area contributed by atoms with E-state index in [4.69, 9.17) is 5.73 Å². The van der Waals surface area contributed by atoms with Crippen molar-refractivity contribution in [1.82, 2.24) is 14.5 Å². The van der Waals surface area contributed by atoms with E-state index in [1.54, 1.807) is 0 Å². The molecule has 3 heterocycles. The van der Waals surface area contributed by atoms with Crippen LogP contribution in [0.1, 0.15) is 32.6 Å². The van der Waals surface area contributed by atoms with E-state index >= 15 is 0 Å². The van der Waals surface area contributed by atoms with E-state index in [1.807, 2.05) is 6.20 Å². The Morgan fingerprint density at radius 3 is 2.80 bits per heavy atom. The molecule has 5 nitrogen and oxygen atoms in total. The van der Waals surface area contributed by atoms with Crippen molar-refractivity contribution in [3.05, 3.63) is 12.4 Å². The molecule has 2 fully saturated rings. The molecule has 1 atom stereocenters. The number of hydrogen-bond donors (Lipinski definition) is 1. The largest absolute Gasteiger partial charge is 0.341 e. The highest BCUT2D eigenvalue weighted by molar-refractivity contribution is 5.33. The lowest BCUT2D eigenvalue weighted by Crippen LogP contribution is -2.46. The van der Waals surface area contributed by atoms with E-state index in [0.29, 0.717) is 12.1 Å². The van der Waals surface area contributed by atoms with Crippen LogP contribution in [0.5, 0.6) is 0 Å². The molecule has 0 saturated carbocycles. The maximum absolute atomic E-state index is 6.00. The van der Waals surface area contributed by atoms with Crippen molar-refractivity contribution in [3.63, 3.8) is 0 Å². The Kier molecular flexibility index (Phi) is 4.27. The van der Waals surface area contributed by atoms with E-state index in [9.17, 15) is 0 Å². The molecule has 5 heteroatoms. The van der Waals surface area contributed by atoms with Crippen molar-refractivity contribution in [2.24, 2.45) is 5.73 Å². The van der Waals surface area contributed by atoms with Gasteiger partial charge in [0.15, 0.2) is 0 Å². The van der Waals surface area contributed by atoms with Crippen LogP contribution < -0.4 is 10.6 Å². The topological polar surface area (TPSA) is 50.3 Å². The second kappa shape index (κ2) is 6.14. The van der Waals surface area contributed by atoms with E-state index in [-0.39, 0.29) is 0 Å². The Morgan fingerprint density at radius 1 is 1.25 bits per heavy atom. The van der Waals surface area contributed by atoms with Crippen molar-refractivity contribution >= 4 is 5.95 Å². The lowest BCUT2D eigenvalue weighted by Gasteiger charge is -2.34. The molecular formula is C15H27N5. The Hall–Kier alpha value is -1.07. The average molecular weight is 277 g/mol. The monoisotopic (exact) mass is 277 g/mol. The average Bonchev–Trinajstić information content (AvgIpc) is 3.08. The summed E-state index contributed by atoms with van der Waals surface area (Å²) in [4.78, 5) is 9.65.